The van der Waals surface area contributed by atoms with Gasteiger partial charge in [-0.05, 0) is 34.5 Å². The summed E-state index contributed by atoms with van der Waals surface area (Å²) >= 11 is 4.71. The fourth-order valence-corrected chi connectivity index (χ4v) is 3.60. The van der Waals surface area contributed by atoms with Crippen molar-refractivity contribution in [2.45, 2.75) is 24.4 Å². The van der Waals surface area contributed by atoms with Crippen LogP contribution in [0.1, 0.15) is 23.3 Å². The van der Waals surface area contributed by atoms with Gasteiger partial charge in [-0.2, -0.15) is 13.2 Å². The largest absolute Gasteiger partial charge is 0.416 e. The lowest BCUT2D eigenvalue weighted by atomic mass is 10.0. The van der Waals surface area contributed by atoms with Gasteiger partial charge in [0.25, 0.3) is 0 Å². The van der Waals surface area contributed by atoms with Gasteiger partial charge in [-0.15, -0.1) is 0 Å². The van der Waals surface area contributed by atoms with Crippen molar-refractivity contribution < 1.29 is 13.2 Å². The summed E-state index contributed by atoms with van der Waals surface area (Å²) in [5, 5.41) is -0.0494. The van der Waals surface area contributed by atoms with Gasteiger partial charge in [0.2, 0.25) is 0 Å². The van der Waals surface area contributed by atoms with E-state index in [9.17, 15) is 13.2 Å². The number of aliphatic imine (C=N–C) groups is 1. The lowest BCUT2D eigenvalue weighted by Crippen LogP contribution is -2.09. The fourth-order valence-electron chi connectivity index (χ4n) is 1.70. The summed E-state index contributed by atoms with van der Waals surface area (Å²) in [5.41, 5.74) is 0.0568. The maximum Gasteiger partial charge on any atom is 0.416 e. The highest BCUT2D eigenvalue weighted by atomic mass is 79.9. The minimum Gasteiger partial charge on any atom is -0.267 e. The Labute approximate surface area is 110 Å². The number of halogens is 4. The summed E-state index contributed by atoms with van der Waals surface area (Å²) in [5.74, 6) is 0. The first-order valence-electron chi connectivity index (χ1n) is 4.95. The van der Waals surface area contributed by atoms with Crippen LogP contribution in [0.25, 0.3) is 0 Å². The molecule has 0 spiro atoms. The van der Waals surface area contributed by atoms with Crippen LogP contribution >= 0.6 is 27.7 Å². The van der Waals surface area contributed by atoms with E-state index >= 15 is 0 Å². The van der Waals surface area contributed by atoms with Crippen LogP contribution in [0.15, 0.2) is 29.3 Å². The van der Waals surface area contributed by atoms with Gasteiger partial charge in [0.15, 0.2) is 0 Å². The summed E-state index contributed by atoms with van der Waals surface area (Å²) in [7, 11) is 0. The van der Waals surface area contributed by atoms with Crippen LogP contribution < -0.4 is 0 Å². The number of hydrogen-bond acceptors (Lipinski definition) is 2. The third-order valence-corrected chi connectivity index (χ3v) is 4.50. The molecule has 0 amide bonds. The van der Waals surface area contributed by atoms with Crippen molar-refractivity contribution in [2.75, 3.05) is 0 Å². The predicted molar refractivity (Wildman–Crippen MR) is 67.6 cm³/mol. The normalized spacial score (nSPS) is 24.9. The van der Waals surface area contributed by atoms with Crippen LogP contribution in [0, 0.1) is 0 Å². The third kappa shape index (κ3) is 2.85. The van der Waals surface area contributed by atoms with E-state index in [-0.39, 0.29) is 11.3 Å². The summed E-state index contributed by atoms with van der Waals surface area (Å²) in [4.78, 5) is 4.25. The monoisotopic (exact) mass is 323 g/mol. The maximum absolute atomic E-state index is 12.6. The number of hydrogen-bond donors (Lipinski definition) is 0. The topological polar surface area (TPSA) is 12.4 Å². The zero-order valence-electron chi connectivity index (χ0n) is 8.83. The number of alkyl halides is 3. The first-order chi connectivity index (χ1) is 7.88. The van der Waals surface area contributed by atoms with Crippen LogP contribution in [0.5, 0.6) is 0 Å². The molecule has 2 rings (SSSR count). The number of rotatable bonds is 1. The Hall–Kier alpha value is -0.490. The summed E-state index contributed by atoms with van der Waals surface area (Å²) in [6, 6.07) is 5.43. The Bertz CT molecular complexity index is 458. The minimum absolute atomic E-state index is 0.0159. The second kappa shape index (κ2) is 4.65. The molecule has 1 aliphatic heterocycles. The predicted octanol–water partition coefficient (Wildman–Crippen LogP) is 4.63. The second-order valence-electron chi connectivity index (χ2n) is 3.78. The van der Waals surface area contributed by atoms with Gasteiger partial charge in [-0.3, -0.25) is 4.99 Å². The molecule has 0 saturated carbocycles. The van der Waals surface area contributed by atoms with E-state index in [2.05, 4.69) is 20.9 Å². The Kier molecular flexibility index (Phi) is 3.54. The molecular formula is C11H9BrF3NS. The summed E-state index contributed by atoms with van der Waals surface area (Å²) < 4.78 is 38.5. The van der Waals surface area contributed by atoms with Crippen LogP contribution in [0.4, 0.5) is 13.2 Å². The Balaban J connectivity index is 2.29. The highest BCUT2D eigenvalue weighted by molar-refractivity contribution is 9.22. The third-order valence-electron chi connectivity index (χ3n) is 2.51. The molecule has 1 unspecified atom stereocenters. The van der Waals surface area contributed by atoms with E-state index < -0.39 is 11.7 Å². The molecule has 92 valence electrons. The minimum atomic E-state index is -4.29. The molecule has 0 radical (unpaired) electrons. The summed E-state index contributed by atoms with van der Waals surface area (Å²) in [6.45, 7) is 1.90. The van der Waals surface area contributed by atoms with Crippen molar-refractivity contribution in [3.05, 3.63) is 35.4 Å². The van der Waals surface area contributed by atoms with Crippen LogP contribution in [-0.2, 0) is 6.18 Å². The zero-order valence-corrected chi connectivity index (χ0v) is 11.2. The van der Waals surface area contributed by atoms with Gasteiger partial charge in [0.05, 0.1) is 16.9 Å². The van der Waals surface area contributed by atoms with Gasteiger partial charge in [0, 0.05) is 0 Å². The molecule has 0 saturated heterocycles. The molecule has 2 atom stereocenters. The van der Waals surface area contributed by atoms with E-state index in [0.29, 0.717) is 5.56 Å². The molecule has 1 aromatic rings. The van der Waals surface area contributed by atoms with Gasteiger partial charge >= 0.3 is 6.18 Å². The molecule has 0 aromatic heterocycles. The number of benzene rings is 1. The average molecular weight is 324 g/mol. The smallest absolute Gasteiger partial charge is 0.267 e. The van der Waals surface area contributed by atoms with Crippen molar-refractivity contribution in [1.29, 1.82) is 0 Å². The first kappa shape index (κ1) is 13.0. The van der Waals surface area contributed by atoms with Gasteiger partial charge in [-0.25, -0.2) is 0 Å². The molecule has 0 fully saturated rings. The molecule has 0 aliphatic carbocycles. The van der Waals surface area contributed by atoms with Crippen LogP contribution in [0.3, 0.4) is 0 Å². The molecule has 1 nitrogen and oxygen atoms in total. The molecular weight excluding hydrogens is 315 g/mol. The lowest BCUT2D eigenvalue weighted by Gasteiger charge is -2.15. The molecule has 0 bridgehead atoms. The molecule has 1 heterocycles. The molecule has 1 aromatic carbocycles. The molecule has 17 heavy (non-hydrogen) atoms. The lowest BCUT2D eigenvalue weighted by molar-refractivity contribution is -0.137. The highest BCUT2D eigenvalue weighted by Crippen LogP contribution is 2.43. The van der Waals surface area contributed by atoms with E-state index in [1.54, 1.807) is 6.07 Å². The van der Waals surface area contributed by atoms with Crippen molar-refractivity contribution >= 4 is 31.6 Å². The van der Waals surface area contributed by atoms with E-state index in [1.165, 1.54) is 23.9 Å². The second-order valence-corrected chi connectivity index (χ2v) is 6.19. The Morgan fingerprint density at radius 2 is 2.06 bits per heavy atom. The fraction of sp³-hybridized carbons (Fsp3) is 0.364. The SMILES string of the molecule is C[C@H]1N=C(Br)SC1c1cccc(C(F)(F)F)c1. The molecule has 0 N–H and O–H groups in total. The molecule has 1 aliphatic rings. The maximum atomic E-state index is 12.6. The average Bonchev–Trinajstić information content (AvgIpc) is 2.57. The van der Waals surface area contributed by atoms with Gasteiger partial charge < -0.3 is 0 Å². The van der Waals surface area contributed by atoms with Crippen molar-refractivity contribution in [1.82, 2.24) is 0 Å². The van der Waals surface area contributed by atoms with Crippen LogP contribution in [0.2, 0.25) is 0 Å². The standard InChI is InChI=1S/C11H9BrF3NS/c1-6-9(17-10(12)16-6)7-3-2-4-8(5-7)11(13,14)15/h2-6,9H,1H3/t6-,9?/m1/s1. The first-order valence-corrected chi connectivity index (χ1v) is 6.62. The zero-order chi connectivity index (χ0) is 12.6. The van der Waals surface area contributed by atoms with E-state index in [1.807, 2.05) is 6.92 Å². The van der Waals surface area contributed by atoms with E-state index in [4.69, 9.17) is 0 Å². The van der Waals surface area contributed by atoms with Crippen molar-refractivity contribution in [2.24, 2.45) is 4.99 Å². The number of nitrogens with zero attached hydrogens (tertiary/aromatic N) is 1. The Morgan fingerprint density at radius 3 is 2.59 bits per heavy atom. The molecule has 6 heteroatoms. The van der Waals surface area contributed by atoms with Crippen molar-refractivity contribution in [3.63, 3.8) is 0 Å². The van der Waals surface area contributed by atoms with Gasteiger partial charge in [-0.1, -0.05) is 30.0 Å². The highest BCUT2D eigenvalue weighted by Gasteiger charge is 2.33. The van der Waals surface area contributed by atoms with Crippen molar-refractivity contribution in [3.8, 4) is 0 Å². The van der Waals surface area contributed by atoms with Crippen LogP contribution in [-0.4, -0.2) is 9.99 Å². The summed E-state index contributed by atoms with van der Waals surface area (Å²) in [6.07, 6.45) is -4.29. The van der Waals surface area contributed by atoms with Gasteiger partial charge in [0.1, 0.15) is 3.95 Å². The number of thioether (sulfide) groups is 1. The quantitative estimate of drug-likeness (QED) is 0.733. The van der Waals surface area contributed by atoms with E-state index in [0.717, 1.165) is 10.0 Å². The Morgan fingerprint density at radius 1 is 1.35 bits per heavy atom.